The molecule has 2 aromatic rings. The third-order valence-corrected chi connectivity index (χ3v) is 2.73. The molecule has 0 amide bonds. The van der Waals surface area contributed by atoms with Gasteiger partial charge in [0.05, 0.1) is 0 Å². The zero-order valence-electron chi connectivity index (χ0n) is 6.90. The lowest BCUT2D eigenvalue weighted by atomic mass is 10.3. The van der Waals surface area contributed by atoms with E-state index in [0.29, 0.717) is 0 Å². The van der Waals surface area contributed by atoms with Crippen LogP contribution in [0.15, 0.2) is 29.8 Å². The van der Waals surface area contributed by atoms with Crippen molar-refractivity contribution in [1.29, 1.82) is 0 Å². The van der Waals surface area contributed by atoms with E-state index in [1.807, 2.05) is 17.9 Å². The lowest BCUT2D eigenvalue weighted by molar-refractivity contribution is 0.726. The first kappa shape index (κ1) is 7.55. The highest BCUT2D eigenvalue weighted by atomic mass is 32.1. The van der Waals surface area contributed by atoms with Crippen molar-refractivity contribution in [1.82, 2.24) is 9.78 Å². The van der Waals surface area contributed by atoms with E-state index < -0.39 is 0 Å². The molecular weight excluding hydrogens is 168 g/mol. The molecule has 2 nitrogen and oxygen atoms in total. The van der Waals surface area contributed by atoms with E-state index in [0.717, 1.165) is 6.42 Å². The summed E-state index contributed by atoms with van der Waals surface area (Å²) in [5.41, 5.74) is 1.26. The number of hydrogen-bond donors (Lipinski definition) is 0. The Labute approximate surface area is 75.5 Å². The highest BCUT2D eigenvalue weighted by Crippen LogP contribution is 2.13. The van der Waals surface area contributed by atoms with Crippen molar-refractivity contribution in [2.45, 2.75) is 6.42 Å². The summed E-state index contributed by atoms with van der Waals surface area (Å²) in [6.45, 7) is 0. The van der Waals surface area contributed by atoms with Crippen LogP contribution in [0.1, 0.15) is 10.6 Å². The summed E-state index contributed by atoms with van der Waals surface area (Å²) >= 11 is 1.79. The molecule has 12 heavy (non-hydrogen) atoms. The second kappa shape index (κ2) is 3.11. The Morgan fingerprint density at radius 2 is 2.42 bits per heavy atom. The van der Waals surface area contributed by atoms with Gasteiger partial charge in [-0.3, -0.25) is 4.68 Å². The normalized spacial score (nSPS) is 10.4. The van der Waals surface area contributed by atoms with Gasteiger partial charge < -0.3 is 0 Å². The summed E-state index contributed by atoms with van der Waals surface area (Å²) in [7, 11) is 1.98. The molecule has 0 saturated carbocycles. The lowest BCUT2D eigenvalue weighted by Crippen LogP contribution is -1.97. The summed E-state index contributed by atoms with van der Waals surface area (Å²) in [6.07, 6.45) is 2.83. The molecule has 0 bridgehead atoms. The summed E-state index contributed by atoms with van der Waals surface area (Å²) in [6, 6.07) is 6.29. The van der Waals surface area contributed by atoms with Crippen molar-refractivity contribution >= 4 is 11.3 Å². The molecular formula is C9H10N2S. The predicted octanol–water partition coefficient (Wildman–Crippen LogP) is 2.07. The largest absolute Gasteiger partial charge is 0.272 e. The van der Waals surface area contributed by atoms with E-state index in [4.69, 9.17) is 0 Å². The standard InChI is InChI=1S/C9H10N2S/c1-11-8(4-5-10-11)7-9-3-2-6-12-9/h2-6H,7H2,1H3. The number of rotatable bonds is 2. The Morgan fingerprint density at radius 1 is 1.50 bits per heavy atom. The molecule has 0 radical (unpaired) electrons. The molecule has 0 saturated heterocycles. The number of hydrogen-bond acceptors (Lipinski definition) is 2. The molecule has 3 heteroatoms. The highest BCUT2D eigenvalue weighted by Gasteiger charge is 1.99. The maximum atomic E-state index is 4.12. The minimum atomic E-state index is 0.994. The Hall–Kier alpha value is -1.09. The second-order valence-corrected chi connectivity index (χ2v) is 3.73. The lowest BCUT2D eigenvalue weighted by Gasteiger charge is -1.97. The molecule has 0 N–H and O–H groups in total. The molecule has 62 valence electrons. The van der Waals surface area contributed by atoms with Crippen molar-refractivity contribution in [2.75, 3.05) is 0 Å². The highest BCUT2D eigenvalue weighted by molar-refractivity contribution is 7.09. The topological polar surface area (TPSA) is 17.8 Å². The maximum absolute atomic E-state index is 4.12. The van der Waals surface area contributed by atoms with Crippen LogP contribution in [-0.2, 0) is 13.5 Å². The molecule has 2 rings (SSSR count). The average Bonchev–Trinajstić information content (AvgIpc) is 2.65. The van der Waals surface area contributed by atoms with E-state index in [1.165, 1.54) is 10.6 Å². The molecule has 0 atom stereocenters. The van der Waals surface area contributed by atoms with E-state index in [2.05, 4.69) is 28.7 Å². The van der Waals surface area contributed by atoms with Gasteiger partial charge in [-0.25, -0.2) is 0 Å². The van der Waals surface area contributed by atoms with E-state index >= 15 is 0 Å². The number of aromatic nitrogens is 2. The van der Waals surface area contributed by atoms with Gasteiger partial charge in [-0.2, -0.15) is 5.10 Å². The minimum Gasteiger partial charge on any atom is -0.272 e. The molecule has 0 aromatic carbocycles. The molecule has 2 heterocycles. The third kappa shape index (κ3) is 1.41. The van der Waals surface area contributed by atoms with Crippen LogP contribution >= 0.6 is 11.3 Å². The van der Waals surface area contributed by atoms with Crippen molar-refractivity contribution < 1.29 is 0 Å². The van der Waals surface area contributed by atoms with E-state index in [9.17, 15) is 0 Å². The molecule has 2 aromatic heterocycles. The fourth-order valence-electron chi connectivity index (χ4n) is 1.17. The Kier molecular flexibility index (Phi) is 1.96. The monoisotopic (exact) mass is 178 g/mol. The second-order valence-electron chi connectivity index (χ2n) is 2.70. The summed E-state index contributed by atoms with van der Waals surface area (Å²) in [4.78, 5) is 1.39. The molecule has 0 spiro atoms. The number of thiophene rings is 1. The van der Waals surface area contributed by atoms with E-state index in [-0.39, 0.29) is 0 Å². The number of nitrogens with zero attached hydrogens (tertiary/aromatic N) is 2. The molecule has 0 aliphatic heterocycles. The van der Waals surface area contributed by atoms with Crippen LogP contribution < -0.4 is 0 Å². The van der Waals surface area contributed by atoms with Gasteiger partial charge in [0, 0.05) is 30.2 Å². The predicted molar refractivity (Wildman–Crippen MR) is 50.3 cm³/mol. The smallest absolute Gasteiger partial charge is 0.0492 e. The van der Waals surface area contributed by atoms with Crippen LogP contribution in [0.5, 0.6) is 0 Å². The van der Waals surface area contributed by atoms with Gasteiger partial charge in [-0.1, -0.05) is 6.07 Å². The van der Waals surface area contributed by atoms with Crippen molar-refractivity contribution in [2.24, 2.45) is 7.05 Å². The first-order valence-corrected chi connectivity index (χ1v) is 4.73. The van der Waals surface area contributed by atoms with Crippen LogP contribution in [0.4, 0.5) is 0 Å². The fraction of sp³-hybridized carbons (Fsp3) is 0.222. The zero-order chi connectivity index (χ0) is 8.39. The Balaban J connectivity index is 2.20. The van der Waals surface area contributed by atoms with Crippen LogP contribution in [0, 0.1) is 0 Å². The van der Waals surface area contributed by atoms with Gasteiger partial charge in [-0.15, -0.1) is 11.3 Å². The first-order valence-electron chi connectivity index (χ1n) is 3.85. The quantitative estimate of drug-likeness (QED) is 0.688. The van der Waals surface area contributed by atoms with Gasteiger partial charge in [0.15, 0.2) is 0 Å². The summed E-state index contributed by atoms with van der Waals surface area (Å²) in [5, 5.41) is 6.22. The van der Waals surface area contributed by atoms with Crippen LogP contribution in [0.3, 0.4) is 0 Å². The SMILES string of the molecule is Cn1nccc1Cc1cccs1. The Morgan fingerprint density at radius 3 is 3.00 bits per heavy atom. The first-order chi connectivity index (χ1) is 5.86. The average molecular weight is 178 g/mol. The van der Waals surface area contributed by atoms with Gasteiger partial charge in [0.2, 0.25) is 0 Å². The van der Waals surface area contributed by atoms with Gasteiger partial charge >= 0.3 is 0 Å². The number of aryl methyl sites for hydroxylation is 1. The van der Waals surface area contributed by atoms with Crippen molar-refractivity contribution in [3.63, 3.8) is 0 Å². The van der Waals surface area contributed by atoms with Gasteiger partial charge in [0.25, 0.3) is 0 Å². The van der Waals surface area contributed by atoms with Crippen LogP contribution in [0.25, 0.3) is 0 Å². The summed E-state index contributed by atoms with van der Waals surface area (Å²) in [5.74, 6) is 0. The molecule has 0 unspecified atom stereocenters. The molecule has 0 fully saturated rings. The van der Waals surface area contributed by atoms with Gasteiger partial charge in [-0.05, 0) is 17.5 Å². The summed E-state index contributed by atoms with van der Waals surface area (Å²) < 4.78 is 1.92. The minimum absolute atomic E-state index is 0.994. The molecule has 0 aliphatic carbocycles. The zero-order valence-corrected chi connectivity index (χ0v) is 7.71. The Bertz CT molecular complexity index is 348. The third-order valence-electron chi connectivity index (χ3n) is 1.86. The van der Waals surface area contributed by atoms with E-state index in [1.54, 1.807) is 11.3 Å². The fourth-order valence-corrected chi connectivity index (χ4v) is 1.89. The van der Waals surface area contributed by atoms with Crippen LogP contribution in [-0.4, -0.2) is 9.78 Å². The molecule has 0 aliphatic rings. The van der Waals surface area contributed by atoms with Crippen molar-refractivity contribution in [3.8, 4) is 0 Å². The van der Waals surface area contributed by atoms with Crippen LogP contribution in [0.2, 0.25) is 0 Å². The van der Waals surface area contributed by atoms with Crippen molar-refractivity contribution in [3.05, 3.63) is 40.3 Å². The maximum Gasteiger partial charge on any atom is 0.0492 e. The van der Waals surface area contributed by atoms with Gasteiger partial charge in [0.1, 0.15) is 0 Å².